The highest BCUT2D eigenvalue weighted by molar-refractivity contribution is 5.94. The number of aryl methyl sites for hydroxylation is 1. The molecule has 0 aliphatic heterocycles. The number of hydrogen-bond acceptors (Lipinski definition) is 2. The molecule has 0 radical (unpaired) electrons. The van der Waals surface area contributed by atoms with E-state index in [0.717, 1.165) is 12.0 Å². The van der Waals surface area contributed by atoms with Crippen LogP contribution >= 0.6 is 0 Å². The first-order valence-electron chi connectivity index (χ1n) is 7.95. The molecule has 3 nitrogen and oxygen atoms in total. The fourth-order valence-corrected chi connectivity index (χ4v) is 2.55. The SMILES string of the molecule is CCc1ccc(C(NC(=O)c2cccc(C#N)c2)C(C)C)cc1. The van der Waals surface area contributed by atoms with E-state index >= 15 is 0 Å². The van der Waals surface area contributed by atoms with E-state index in [1.54, 1.807) is 24.3 Å². The van der Waals surface area contributed by atoms with Crippen molar-refractivity contribution in [3.05, 3.63) is 70.8 Å². The number of carbonyl (C=O) groups excluding carboxylic acids is 1. The Labute approximate surface area is 138 Å². The molecular weight excluding hydrogens is 284 g/mol. The number of benzene rings is 2. The van der Waals surface area contributed by atoms with Gasteiger partial charge in [0.25, 0.3) is 5.91 Å². The van der Waals surface area contributed by atoms with Crippen LogP contribution in [0.3, 0.4) is 0 Å². The van der Waals surface area contributed by atoms with Gasteiger partial charge in [-0.15, -0.1) is 0 Å². The first-order valence-corrected chi connectivity index (χ1v) is 7.95. The average molecular weight is 306 g/mol. The van der Waals surface area contributed by atoms with E-state index in [1.165, 1.54) is 5.56 Å². The zero-order valence-electron chi connectivity index (χ0n) is 13.8. The first kappa shape index (κ1) is 16.8. The molecule has 1 N–H and O–H groups in total. The second-order valence-corrected chi connectivity index (χ2v) is 5.98. The molecule has 0 saturated heterocycles. The molecule has 1 atom stereocenters. The van der Waals surface area contributed by atoms with E-state index in [0.29, 0.717) is 11.1 Å². The van der Waals surface area contributed by atoms with E-state index in [2.05, 4.69) is 56.4 Å². The summed E-state index contributed by atoms with van der Waals surface area (Å²) in [5.41, 5.74) is 3.39. The van der Waals surface area contributed by atoms with Crippen molar-refractivity contribution in [2.24, 2.45) is 5.92 Å². The maximum absolute atomic E-state index is 12.5. The molecule has 1 unspecified atom stereocenters. The number of nitrogens with zero attached hydrogens (tertiary/aromatic N) is 1. The molecule has 0 fully saturated rings. The Morgan fingerprint density at radius 2 is 1.87 bits per heavy atom. The fraction of sp³-hybridized carbons (Fsp3) is 0.300. The van der Waals surface area contributed by atoms with Crippen LogP contribution in [0.25, 0.3) is 0 Å². The molecule has 3 heteroatoms. The summed E-state index contributed by atoms with van der Waals surface area (Å²) in [6, 6.07) is 17.1. The van der Waals surface area contributed by atoms with Crippen molar-refractivity contribution < 1.29 is 4.79 Å². The van der Waals surface area contributed by atoms with E-state index < -0.39 is 0 Å². The van der Waals surface area contributed by atoms with Gasteiger partial charge in [-0.05, 0) is 41.7 Å². The third-order valence-electron chi connectivity index (χ3n) is 3.95. The van der Waals surface area contributed by atoms with Gasteiger partial charge in [0, 0.05) is 5.56 Å². The summed E-state index contributed by atoms with van der Waals surface area (Å²) in [5.74, 6) is 0.117. The van der Waals surface area contributed by atoms with Crippen LogP contribution < -0.4 is 5.32 Å². The lowest BCUT2D eigenvalue weighted by Gasteiger charge is -2.23. The smallest absolute Gasteiger partial charge is 0.251 e. The van der Waals surface area contributed by atoms with Gasteiger partial charge >= 0.3 is 0 Å². The molecule has 2 rings (SSSR count). The normalized spacial score (nSPS) is 11.8. The van der Waals surface area contributed by atoms with Crippen molar-refractivity contribution in [1.82, 2.24) is 5.32 Å². The lowest BCUT2D eigenvalue weighted by molar-refractivity contribution is 0.0925. The minimum Gasteiger partial charge on any atom is -0.345 e. The van der Waals surface area contributed by atoms with Crippen molar-refractivity contribution in [3.8, 4) is 6.07 Å². The molecule has 0 heterocycles. The molecule has 0 aromatic heterocycles. The maximum atomic E-state index is 12.5. The van der Waals surface area contributed by atoms with Crippen LogP contribution in [0.1, 0.15) is 53.9 Å². The Bertz CT molecular complexity index is 711. The van der Waals surface area contributed by atoms with Crippen LogP contribution in [0.15, 0.2) is 48.5 Å². The van der Waals surface area contributed by atoms with Gasteiger partial charge in [-0.2, -0.15) is 5.26 Å². The van der Waals surface area contributed by atoms with Crippen molar-refractivity contribution >= 4 is 5.91 Å². The Kier molecular flexibility index (Phi) is 5.54. The van der Waals surface area contributed by atoms with Gasteiger partial charge in [0.1, 0.15) is 0 Å². The number of amides is 1. The van der Waals surface area contributed by atoms with Gasteiger partial charge in [-0.25, -0.2) is 0 Å². The van der Waals surface area contributed by atoms with Crippen LogP contribution in [-0.4, -0.2) is 5.91 Å². The van der Waals surface area contributed by atoms with E-state index in [9.17, 15) is 4.79 Å². The lowest BCUT2D eigenvalue weighted by Crippen LogP contribution is -2.31. The number of rotatable bonds is 5. The summed E-state index contributed by atoms with van der Waals surface area (Å²) < 4.78 is 0. The molecule has 0 aliphatic carbocycles. The molecular formula is C20H22N2O. The minimum absolute atomic E-state index is 0.0563. The molecule has 23 heavy (non-hydrogen) atoms. The monoisotopic (exact) mass is 306 g/mol. The van der Waals surface area contributed by atoms with Gasteiger partial charge in [0.15, 0.2) is 0 Å². The summed E-state index contributed by atoms with van der Waals surface area (Å²) in [7, 11) is 0. The van der Waals surface area contributed by atoms with E-state index in [-0.39, 0.29) is 17.9 Å². The molecule has 0 aliphatic rings. The summed E-state index contributed by atoms with van der Waals surface area (Å²) in [6.07, 6.45) is 1.000. The van der Waals surface area contributed by atoms with Gasteiger partial charge < -0.3 is 5.32 Å². The molecule has 0 saturated carbocycles. The van der Waals surface area contributed by atoms with Crippen molar-refractivity contribution in [1.29, 1.82) is 5.26 Å². The summed E-state index contributed by atoms with van der Waals surface area (Å²) in [4.78, 5) is 12.5. The zero-order valence-corrected chi connectivity index (χ0v) is 13.8. The molecule has 0 bridgehead atoms. The summed E-state index contributed by atoms with van der Waals surface area (Å²) in [6.45, 7) is 6.30. The van der Waals surface area contributed by atoms with E-state index in [1.807, 2.05) is 0 Å². The quantitative estimate of drug-likeness (QED) is 0.898. The lowest BCUT2D eigenvalue weighted by atomic mass is 9.94. The number of hydrogen-bond donors (Lipinski definition) is 1. The third kappa shape index (κ3) is 4.20. The highest BCUT2D eigenvalue weighted by atomic mass is 16.1. The second-order valence-electron chi connectivity index (χ2n) is 5.98. The van der Waals surface area contributed by atoms with Crippen molar-refractivity contribution in [2.75, 3.05) is 0 Å². The van der Waals surface area contributed by atoms with Gasteiger partial charge in [-0.3, -0.25) is 4.79 Å². The first-order chi connectivity index (χ1) is 11.0. The van der Waals surface area contributed by atoms with E-state index in [4.69, 9.17) is 5.26 Å². The second kappa shape index (κ2) is 7.60. The number of nitriles is 1. The average Bonchev–Trinajstić information content (AvgIpc) is 2.59. The third-order valence-corrected chi connectivity index (χ3v) is 3.95. The highest BCUT2D eigenvalue weighted by Crippen LogP contribution is 2.23. The molecule has 2 aromatic rings. The molecule has 2 aromatic carbocycles. The number of nitrogens with one attached hydrogen (secondary N) is 1. The molecule has 0 spiro atoms. The highest BCUT2D eigenvalue weighted by Gasteiger charge is 2.19. The predicted molar refractivity (Wildman–Crippen MR) is 92.0 cm³/mol. The summed E-state index contributed by atoms with van der Waals surface area (Å²) >= 11 is 0. The predicted octanol–water partition coefficient (Wildman–Crippen LogP) is 4.25. The van der Waals surface area contributed by atoms with Crippen LogP contribution in [0.4, 0.5) is 0 Å². The van der Waals surface area contributed by atoms with Crippen LogP contribution in [-0.2, 0) is 6.42 Å². The van der Waals surface area contributed by atoms with Crippen molar-refractivity contribution in [3.63, 3.8) is 0 Å². The van der Waals surface area contributed by atoms with Gasteiger partial charge in [0.2, 0.25) is 0 Å². The Hall–Kier alpha value is -2.60. The summed E-state index contributed by atoms with van der Waals surface area (Å²) in [5, 5.41) is 12.0. The Morgan fingerprint density at radius 1 is 1.17 bits per heavy atom. The van der Waals surface area contributed by atoms with Gasteiger partial charge in [-0.1, -0.05) is 51.1 Å². The zero-order chi connectivity index (χ0) is 16.8. The maximum Gasteiger partial charge on any atom is 0.251 e. The number of carbonyl (C=O) groups is 1. The Balaban J connectivity index is 2.21. The molecule has 118 valence electrons. The largest absolute Gasteiger partial charge is 0.345 e. The van der Waals surface area contributed by atoms with Crippen LogP contribution in [0.2, 0.25) is 0 Å². The Morgan fingerprint density at radius 3 is 2.43 bits per heavy atom. The molecule has 1 amide bonds. The van der Waals surface area contributed by atoms with Crippen molar-refractivity contribution in [2.45, 2.75) is 33.2 Å². The minimum atomic E-state index is -0.152. The van der Waals surface area contributed by atoms with Crippen LogP contribution in [0.5, 0.6) is 0 Å². The van der Waals surface area contributed by atoms with Crippen LogP contribution in [0, 0.1) is 17.2 Å². The standard InChI is InChI=1S/C20H22N2O/c1-4-15-8-10-17(11-9-15)19(14(2)3)22-20(23)18-7-5-6-16(12-18)13-21/h5-12,14,19H,4H2,1-3H3,(H,22,23). The van der Waals surface area contributed by atoms with Gasteiger partial charge in [0.05, 0.1) is 17.7 Å². The topological polar surface area (TPSA) is 52.9 Å². The fourth-order valence-electron chi connectivity index (χ4n) is 2.55.